The first kappa shape index (κ1) is 16.3. The highest BCUT2D eigenvalue weighted by Gasteiger charge is 2.20. The monoisotopic (exact) mass is 321 g/mol. The number of carbonyl (C=O) groups excluding carboxylic acids is 1. The number of carbonyl (C=O) groups is 1. The third kappa shape index (κ3) is 3.67. The third-order valence-corrected chi connectivity index (χ3v) is 4.30. The van der Waals surface area contributed by atoms with Gasteiger partial charge in [-0.2, -0.15) is 0 Å². The number of nitrogens with one attached hydrogen (secondary N) is 1. The molecule has 124 valence electrons. The second-order valence-corrected chi connectivity index (χ2v) is 6.24. The van der Waals surface area contributed by atoms with Crippen LogP contribution in [0.5, 0.6) is 0 Å². The van der Waals surface area contributed by atoms with Crippen LogP contribution in [0.2, 0.25) is 0 Å². The second kappa shape index (κ2) is 7.35. The highest BCUT2D eigenvalue weighted by Crippen LogP contribution is 2.21. The first-order chi connectivity index (χ1) is 11.7. The predicted octanol–water partition coefficient (Wildman–Crippen LogP) is 4.67. The van der Waals surface area contributed by atoms with Crippen molar-refractivity contribution < 1.29 is 9.21 Å². The van der Waals surface area contributed by atoms with Crippen LogP contribution in [0, 0.1) is 0 Å². The zero-order chi connectivity index (χ0) is 16.9. The van der Waals surface area contributed by atoms with Crippen LogP contribution >= 0.6 is 0 Å². The molecule has 0 unspecified atom stereocenters. The molecule has 3 rings (SSSR count). The quantitative estimate of drug-likeness (QED) is 0.716. The summed E-state index contributed by atoms with van der Waals surface area (Å²) < 4.78 is 5.84. The second-order valence-electron chi connectivity index (χ2n) is 6.24. The van der Waals surface area contributed by atoms with Gasteiger partial charge in [0.2, 0.25) is 5.91 Å². The van der Waals surface area contributed by atoms with E-state index < -0.39 is 0 Å². The van der Waals surface area contributed by atoms with Gasteiger partial charge >= 0.3 is 0 Å². The largest absolute Gasteiger partial charge is 0.461 e. The summed E-state index contributed by atoms with van der Waals surface area (Å²) in [5.74, 6) is 0.869. The lowest BCUT2D eigenvalue weighted by Gasteiger charge is -2.19. The van der Waals surface area contributed by atoms with E-state index in [0.29, 0.717) is 6.42 Å². The zero-order valence-corrected chi connectivity index (χ0v) is 14.2. The van der Waals surface area contributed by atoms with Crippen molar-refractivity contribution in [1.82, 2.24) is 5.32 Å². The van der Waals surface area contributed by atoms with Gasteiger partial charge in [0.15, 0.2) is 0 Å². The Labute approximate surface area is 142 Å². The molecule has 1 heterocycles. The van der Waals surface area contributed by atoms with E-state index in [1.807, 2.05) is 74.5 Å². The maximum atomic E-state index is 12.6. The molecule has 3 heteroatoms. The zero-order valence-electron chi connectivity index (χ0n) is 14.2. The van der Waals surface area contributed by atoms with Crippen LogP contribution in [0.25, 0.3) is 11.0 Å². The van der Waals surface area contributed by atoms with Crippen molar-refractivity contribution in [3.63, 3.8) is 0 Å². The van der Waals surface area contributed by atoms with Gasteiger partial charge in [-0.3, -0.25) is 4.79 Å². The maximum Gasteiger partial charge on any atom is 0.227 e. The number of rotatable bonds is 6. The van der Waals surface area contributed by atoms with Gasteiger partial charge in [0.05, 0.1) is 5.92 Å². The molecule has 0 fully saturated rings. The summed E-state index contributed by atoms with van der Waals surface area (Å²) in [6.07, 6.45) is 1.47. The minimum atomic E-state index is -0.107. The van der Waals surface area contributed by atoms with Gasteiger partial charge in [-0.05, 0) is 31.0 Å². The van der Waals surface area contributed by atoms with E-state index >= 15 is 0 Å². The molecule has 2 aromatic carbocycles. The Kier molecular flexibility index (Phi) is 4.99. The van der Waals surface area contributed by atoms with Crippen LogP contribution in [-0.4, -0.2) is 11.9 Å². The van der Waals surface area contributed by atoms with E-state index in [1.54, 1.807) is 0 Å². The molecule has 0 aliphatic carbocycles. The summed E-state index contributed by atoms with van der Waals surface area (Å²) in [5, 5.41) is 4.22. The number of furan rings is 1. The van der Waals surface area contributed by atoms with Crippen molar-refractivity contribution >= 4 is 16.9 Å². The lowest BCUT2D eigenvalue weighted by atomic mass is 9.95. The Morgan fingerprint density at radius 1 is 1.08 bits per heavy atom. The lowest BCUT2D eigenvalue weighted by molar-refractivity contribution is -0.123. The molecule has 2 atom stereocenters. The summed E-state index contributed by atoms with van der Waals surface area (Å²) >= 11 is 0. The van der Waals surface area contributed by atoms with E-state index in [9.17, 15) is 4.79 Å². The van der Waals surface area contributed by atoms with Gasteiger partial charge in [-0.1, -0.05) is 55.5 Å². The van der Waals surface area contributed by atoms with E-state index in [-0.39, 0.29) is 17.9 Å². The first-order valence-corrected chi connectivity index (χ1v) is 8.50. The topological polar surface area (TPSA) is 42.2 Å². The van der Waals surface area contributed by atoms with Crippen LogP contribution in [0.3, 0.4) is 0 Å². The number of amides is 1. The number of hydrogen-bond acceptors (Lipinski definition) is 2. The summed E-state index contributed by atoms with van der Waals surface area (Å²) in [6, 6.07) is 20.0. The molecule has 0 radical (unpaired) electrons. The fourth-order valence-electron chi connectivity index (χ4n) is 3.09. The molecule has 3 nitrogen and oxygen atoms in total. The van der Waals surface area contributed by atoms with Crippen LogP contribution in [0.1, 0.15) is 37.5 Å². The Morgan fingerprint density at radius 2 is 1.79 bits per heavy atom. The number of benzene rings is 2. The molecule has 1 amide bonds. The Morgan fingerprint density at radius 3 is 2.50 bits per heavy atom. The number of para-hydroxylation sites is 1. The smallest absolute Gasteiger partial charge is 0.227 e. The standard InChI is InChI=1S/C21H23NO2/c1-3-19(16-9-5-4-6-10-16)21(23)22-15(2)13-18-14-17-11-7-8-12-20(17)24-18/h4-12,14-15,19H,3,13H2,1-2H3,(H,22,23)/t15-,19-/m1/s1. The van der Waals surface area contributed by atoms with Crippen molar-refractivity contribution in [3.8, 4) is 0 Å². The normalized spacial score (nSPS) is 13.6. The van der Waals surface area contributed by atoms with Crippen molar-refractivity contribution in [2.45, 2.75) is 38.6 Å². The highest BCUT2D eigenvalue weighted by atomic mass is 16.3. The highest BCUT2D eigenvalue weighted by molar-refractivity contribution is 5.84. The maximum absolute atomic E-state index is 12.6. The summed E-state index contributed by atoms with van der Waals surface area (Å²) in [5.41, 5.74) is 1.95. The van der Waals surface area contributed by atoms with Gasteiger partial charge in [-0.25, -0.2) is 0 Å². The average molecular weight is 321 g/mol. The average Bonchev–Trinajstić information content (AvgIpc) is 2.98. The van der Waals surface area contributed by atoms with Gasteiger partial charge in [0.1, 0.15) is 11.3 Å². The van der Waals surface area contributed by atoms with Crippen molar-refractivity contribution in [1.29, 1.82) is 0 Å². The molecule has 0 saturated heterocycles. The molecule has 0 spiro atoms. The fraction of sp³-hybridized carbons (Fsp3) is 0.286. The Bertz CT molecular complexity index is 774. The number of fused-ring (bicyclic) bond motifs is 1. The molecule has 0 aliphatic rings. The van der Waals surface area contributed by atoms with E-state index in [4.69, 9.17) is 4.42 Å². The van der Waals surface area contributed by atoms with Crippen LogP contribution < -0.4 is 5.32 Å². The minimum absolute atomic E-state index is 0.0239. The van der Waals surface area contributed by atoms with Gasteiger partial charge in [0.25, 0.3) is 0 Å². The van der Waals surface area contributed by atoms with Crippen molar-refractivity contribution in [3.05, 3.63) is 72.0 Å². The molecule has 1 N–H and O–H groups in total. The van der Waals surface area contributed by atoms with Crippen LogP contribution in [0.4, 0.5) is 0 Å². The molecular formula is C21H23NO2. The van der Waals surface area contributed by atoms with E-state index in [1.165, 1.54) is 0 Å². The summed E-state index contributed by atoms with van der Waals surface area (Å²) in [7, 11) is 0. The fourth-order valence-corrected chi connectivity index (χ4v) is 3.09. The lowest BCUT2D eigenvalue weighted by Crippen LogP contribution is -2.37. The van der Waals surface area contributed by atoms with Crippen LogP contribution in [-0.2, 0) is 11.2 Å². The summed E-state index contributed by atoms with van der Waals surface area (Å²) in [4.78, 5) is 12.6. The van der Waals surface area contributed by atoms with Gasteiger partial charge in [-0.15, -0.1) is 0 Å². The first-order valence-electron chi connectivity index (χ1n) is 8.50. The van der Waals surface area contributed by atoms with Gasteiger partial charge in [0, 0.05) is 17.8 Å². The minimum Gasteiger partial charge on any atom is -0.461 e. The van der Waals surface area contributed by atoms with Crippen LogP contribution in [0.15, 0.2) is 65.1 Å². The van der Waals surface area contributed by atoms with E-state index in [2.05, 4.69) is 5.32 Å². The third-order valence-electron chi connectivity index (χ3n) is 4.30. The summed E-state index contributed by atoms with van der Waals surface area (Å²) in [6.45, 7) is 4.06. The molecule has 24 heavy (non-hydrogen) atoms. The molecule has 0 aliphatic heterocycles. The predicted molar refractivity (Wildman–Crippen MR) is 97.0 cm³/mol. The molecular weight excluding hydrogens is 298 g/mol. The van der Waals surface area contributed by atoms with E-state index in [0.717, 1.165) is 28.7 Å². The van der Waals surface area contributed by atoms with Crippen molar-refractivity contribution in [2.24, 2.45) is 0 Å². The molecule has 3 aromatic rings. The van der Waals surface area contributed by atoms with Crippen molar-refractivity contribution in [2.75, 3.05) is 0 Å². The molecule has 0 saturated carbocycles. The molecule has 0 bridgehead atoms. The Balaban J connectivity index is 1.65. The molecule has 1 aromatic heterocycles. The van der Waals surface area contributed by atoms with Gasteiger partial charge < -0.3 is 9.73 Å². The Hall–Kier alpha value is -2.55. The SMILES string of the molecule is CC[C@@H](C(=O)N[C@H](C)Cc1cc2ccccc2o1)c1ccccc1. The number of hydrogen-bond donors (Lipinski definition) is 1.